The second-order valence-corrected chi connectivity index (χ2v) is 8.95. The highest BCUT2D eigenvalue weighted by Gasteiger charge is 2.32. The lowest BCUT2D eigenvalue weighted by atomic mass is 10.2. The number of hydrogen-bond acceptors (Lipinski definition) is 6. The highest BCUT2D eigenvalue weighted by atomic mass is 32.2. The van der Waals surface area contributed by atoms with Crippen LogP contribution in [0.4, 0.5) is 0 Å². The number of ether oxygens (including phenoxy) is 1. The Hall–Kier alpha value is -3.17. The van der Waals surface area contributed by atoms with E-state index in [1.165, 1.54) is 16.7 Å². The first-order valence-electron chi connectivity index (χ1n) is 10.4. The molecule has 1 heterocycles. The van der Waals surface area contributed by atoms with Crippen molar-refractivity contribution < 1.29 is 24.2 Å². The Morgan fingerprint density at radius 3 is 2.67 bits per heavy atom. The number of carboxylic acid groups (broad SMARTS) is 1. The van der Waals surface area contributed by atoms with Gasteiger partial charge >= 0.3 is 5.97 Å². The van der Waals surface area contributed by atoms with Gasteiger partial charge in [-0.25, -0.2) is 0 Å². The van der Waals surface area contributed by atoms with Crippen LogP contribution < -0.4 is 10.1 Å². The molecular formula is C24H24N2O5S2. The van der Waals surface area contributed by atoms with Gasteiger partial charge in [-0.1, -0.05) is 66.4 Å². The van der Waals surface area contributed by atoms with E-state index in [-0.39, 0.29) is 37.7 Å². The van der Waals surface area contributed by atoms with Crippen molar-refractivity contribution in [3.8, 4) is 5.75 Å². The lowest BCUT2D eigenvalue weighted by Gasteiger charge is -2.14. The zero-order valence-electron chi connectivity index (χ0n) is 17.9. The summed E-state index contributed by atoms with van der Waals surface area (Å²) in [6, 6.07) is 17.3. The minimum atomic E-state index is -0.901. The van der Waals surface area contributed by atoms with Gasteiger partial charge < -0.3 is 15.2 Å². The summed E-state index contributed by atoms with van der Waals surface area (Å²) in [6.45, 7) is 0.907. The van der Waals surface area contributed by atoms with Crippen molar-refractivity contribution in [3.63, 3.8) is 0 Å². The minimum absolute atomic E-state index is 0.00172. The van der Waals surface area contributed by atoms with Gasteiger partial charge in [0.15, 0.2) is 0 Å². The van der Waals surface area contributed by atoms with Crippen LogP contribution in [0, 0.1) is 0 Å². The van der Waals surface area contributed by atoms with Crippen molar-refractivity contribution in [3.05, 3.63) is 70.6 Å². The summed E-state index contributed by atoms with van der Waals surface area (Å²) in [6.07, 6.45) is 2.22. The molecule has 2 amide bonds. The summed E-state index contributed by atoms with van der Waals surface area (Å²) in [5.74, 6) is -0.689. The minimum Gasteiger partial charge on any atom is -0.489 e. The first-order valence-corrected chi connectivity index (χ1v) is 11.7. The van der Waals surface area contributed by atoms with Crippen LogP contribution in [0.3, 0.4) is 0 Å². The van der Waals surface area contributed by atoms with Crippen molar-refractivity contribution in [2.24, 2.45) is 0 Å². The van der Waals surface area contributed by atoms with Crippen LogP contribution in [0.25, 0.3) is 6.08 Å². The molecule has 172 valence electrons. The fourth-order valence-corrected chi connectivity index (χ4v) is 4.36. The molecule has 3 rings (SSSR count). The number of aliphatic carboxylic acids is 1. The zero-order chi connectivity index (χ0) is 23.6. The number of carbonyl (C=O) groups excluding carboxylic acids is 2. The second-order valence-electron chi connectivity index (χ2n) is 7.28. The molecule has 1 aliphatic rings. The molecule has 2 aromatic carbocycles. The number of carbonyl (C=O) groups is 3. The van der Waals surface area contributed by atoms with Crippen LogP contribution in [0.2, 0.25) is 0 Å². The van der Waals surface area contributed by atoms with Gasteiger partial charge in [-0.05, 0) is 35.8 Å². The molecule has 0 aromatic heterocycles. The van der Waals surface area contributed by atoms with Crippen LogP contribution >= 0.6 is 24.0 Å². The molecule has 0 unspecified atom stereocenters. The fourth-order valence-electron chi connectivity index (χ4n) is 3.05. The van der Waals surface area contributed by atoms with Crippen molar-refractivity contribution in [2.45, 2.75) is 25.9 Å². The Balaban J connectivity index is 1.53. The van der Waals surface area contributed by atoms with E-state index in [0.717, 1.165) is 11.1 Å². The van der Waals surface area contributed by atoms with E-state index in [1.54, 1.807) is 6.08 Å². The Morgan fingerprint density at radius 1 is 1.12 bits per heavy atom. The van der Waals surface area contributed by atoms with Crippen molar-refractivity contribution >= 4 is 52.2 Å². The molecule has 0 atom stereocenters. The van der Waals surface area contributed by atoms with E-state index in [2.05, 4.69) is 5.32 Å². The normalized spacial score (nSPS) is 14.5. The van der Waals surface area contributed by atoms with Gasteiger partial charge in [0, 0.05) is 25.9 Å². The van der Waals surface area contributed by atoms with E-state index in [1.807, 2.05) is 54.6 Å². The monoisotopic (exact) mass is 484 g/mol. The largest absolute Gasteiger partial charge is 0.489 e. The quantitative estimate of drug-likeness (QED) is 0.284. The van der Waals surface area contributed by atoms with Crippen LogP contribution in [0.1, 0.15) is 30.4 Å². The Bertz CT molecular complexity index is 1060. The number of benzene rings is 2. The van der Waals surface area contributed by atoms with Gasteiger partial charge in [0.2, 0.25) is 5.91 Å². The van der Waals surface area contributed by atoms with Crippen LogP contribution in [-0.4, -0.2) is 45.2 Å². The number of amides is 2. The number of thioether (sulfide) groups is 1. The number of carboxylic acids is 1. The van der Waals surface area contributed by atoms with Gasteiger partial charge in [0.25, 0.3) is 5.91 Å². The molecule has 9 heteroatoms. The van der Waals surface area contributed by atoms with Crippen LogP contribution in [0.5, 0.6) is 5.75 Å². The first kappa shape index (κ1) is 24.5. The molecule has 1 aliphatic heterocycles. The van der Waals surface area contributed by atoms with Crippen LogP contribution in [0.15, 0.2) is 59.5 Å². The molecule has 2 aromatic rings. The van der Waals surface area contributed by atoms with Crippen molar-refractivity contribution in [2.75, 3.05) is 13.1 Å². The lowest BCUT2D eigenvalue weighted by molar-refractivity contribution is -0.137. The molecule has 0 aliphatic carbocycles. The first-order chi connectivity index (χ1) is 15.9. The van der Waals surface area contributed by atoms with E-state index < -0.39 is 5.97 Å². The maximum absolute atomic E-state index is 12.8. The predicted molar refractivity (Wildman–Crippen MR) is 132 cm³/mol. The third-order valence-corrected chi connectivity index (χ3v) is 6.11. The number of rotatable bonds is 11. The summed E-state index contributed by atoms with van der Waals surface area (Å²) in [5.41, 5.74) is 1.88. The highest BCUT2D eigenvalue weighted by Crippen LogP contribution is 2.33. The predicted octanol–water partition coefficient (Wildman–Crippen LogP) is 3.84. The van der Waals surface area contributed by atoms with Gasteiger partial charge in [0.1, 0.15) is 16.7 Å². The van der Waals surface area contributed by atoms with Crippen molar-refractivity contribution in [1.82, 2.24) is 10.2 Å². The third kappa shape index (κ3) is 7.73. The Kier molecular flexibility index (Phi) is 9.03. The average molecular weight is 485 g/mol. The zero-order valence-corrected chi connectivity index (χ0v) is 19.5. The third-order valence-electron chi connectivity index (χ3n) is 4.73. The SMILES string of the molecule is O=C(O)CCCNC(=O)CCN1C(=O)/C(=C/c2cccc(OCc3ccccc3)c2)SC1=S. The summed E-state index contributed by atoms with van der Waals surface area (Å²) >= 11 is 6.53. The van der Waals surface area contributed by atoms with Gasteiger partial charge in [0.05, 0.1) is 4.91 Å². The molecule has 1 fully saturated rings. The second kappa shape index (κ2) is 12.2. The Morgan fingerprint density at radius 2 is 1.91 bits per heavy atom. The molecule has 7 nitrogen and oxygen atoms in total. The topological polar surface area (TPSA) is 95.9 Å². The van der Waals surface area contributed by atoms with Crippen LogP contribution in [-0.2, 0) is 21.0 Å². The molecule has 0 spiro atoms. The molecular weight excluding hydrogens is 460 g/mol. The maximum Gasteiger partial charge on any atom is 0.303 e. The van der Waals surface area contributed by atoms with Gasteiger partial charge in [-0.15, -0.1) is 0 Å². The molecule has 1 saturated heterocycles. The summed E-state index contributed by atoms with van der Waals surface area (Å²) < 4.78 is 6.25. The van der Waals surface area contributed by atoms with E-state index >= 15 is 0 Å². The molecule has 33 heavy (non-hydrogen) atoms. The lowest BCUT2D eigenvalue weighted by Crippen LogP contribution is -2.33. The van der Waals surface area contributed by atoms with Crippen molar-refractivity contribution in [1.29, 1.82) is 0 Å². The van der Waals surface area contributed by atoms with Gasteiger partial charge in [-0.2, -0.15) is 0 Å². The molecule has 0 bridgehead atoms. The smallest absolute Gasteiger partial charge is 0.303 e. The number of nitrogens with one attached hydrogen (secondary N) is 1. The highest BCUT2D eigenvalue weighted by molar-refractivity contribution is 8.26. The number of thiocarbonyl (C=S) groups is 1. The molecule has 0 saturated carbocycles. The standard InChI is InChI=1S/C24H24N2O5S2/c27-21(25-12-5-10-22(28)29)11-13-26-23(30)20(33-24(26)32)15-18-8-4-9-19(14-18)31-16-17-6-2-1-3-7-17/h1-4,6-9,14-15H,5,10-13,16H2,(H,25,27)(H,28,29)/b20-15-. The summed E-state index contributed by atoms with van der Waals surface area (Å²) in [5, 5.41) is 11.3. The van der Waals surface area contributed by atoms with E-state index in [0.29, 0.717) is 28.0 Å². The summed E-state index contributed by atoms with van der Waals surface area (Å²) in [4.78, 5) is 37.1. The number of hydrogen-bond donors (Lipinski definition) is 2. The molecule has 0 radical (unpaired) electrons. The van der Waals surface area contributed by atoms with Gasteiger partial charge in [-0.3, -0.25) is 19.3 Å². The average Bonchev–Trinajstić information content (AvgIpc) is 3.07. The maximum atomic E-state index is 12.8. The summed E-state index contributed by atoms with van der Waals surface area (Å²) in [7, 11) is 0. The van der Waals surface area contributed by atoms with E-state index in [9.17, 15) is 14.4 Å². The Labute approximate surface area is 201 Å². The molecule has 2 N–H and O–H groups in total. The number of nitrogens with zero attached hydrogens (tertiary/aromatic N) is 1. The fraction of sp³-hybridized carbons (Fsp3) is 0.250. The van der Waals surface area contributed by atoms with E-state index in [4.69, 9.17) is 22.1 Å².